The van der Waals surface area contributed by atoms with Gasteiger partial charge in [0, 0.05) is 12.4 Å². The molecular formula is C11H12ClNO2. The Morgan fingerprint density at radius 2 is 2.13 bits per heavy atom. The van der Waals surface area contributed by atoms with Crippen molar-refractivity contribution in [3.8, 4) is 0 Å². The van der Waals surface area contributed by atoms with E-state index >= 15 is 0 Å². The monoisotopic (exact) mass is 225 g/mol. The summed E-state index contributed by atoms with van der Waals surface area (Å²) in [5.74, 6) is 0.441. The molecule has 4 heteroatoms. The molecule has 1 aliphatic rings. The van der Waals surface area contributed by atoms with E-state index in [9.17, 15) is 4.79 Å². The van der Waals surface area contributed by atoms with E-state index in [-0.39, 0.29) is 12.2 Å². The van der Waals surface area contributed by atoms with Gasteiger partial charge in [-0.1, -0.05) is 30.3 Å². The second-order valence-corrected chi connectivity index (χ2v) is 3.80. The minimum absolute atomic E-state index is 0.151. The van der Waals surface area contributed by atoms with Crippen LogP contribution in [0.1, 0.15) is 11.7 Å². The average molecular weight is 226 g/mol. The van der Waals surface area contributed by atoms with Crippen molar-refractivity contribution in [1.29, 1.82) is 0 Å². The molecule has 1 amide bonds. The molecule has 0 N–H and O–H groups in total. The Morgan fingerprint density at radius 1 is 1.40 bits per heavy atom. The van der Waals surface area contributed by atoms with Crippen LogP contribution in [0.15, 0.2) is 30.3 Å². The summed E-state index contributed by atoms with van der Waals surface area (Å²) in [7, 11) is 0. The van der Waals surface area contributed by atoms with E-state index in [2.05, 4.69) is 0 Å². The molecule has 3 nitrogen and oxygen atoms in total. The van der Waals surface area contributed by atoms with Crippen LogP contribution in [0.4, 0.5) is 4.79 Å². The third-order valence-corrected chi connectivity index (χ3v) is 2.58. The van der Waals surface area contributed by atoms with Gasteiger partial charge < -0.3 is 9.64 Å². The van der Waals surface area contributed by atoms with Crippen LogP contribution in [-0.4, -0.2) is 30.0 Å². The number of carbonyl (C=O) groups excluding carboxylic acids is 1. The van der Waals surface area contributed by atoms with Gasteiger partial charge in [-0.25, -0.2) is 4.79 Å². The Kier molecular flexibility index (Phi) is 3.11. The van der Waals surface area contributed by atoms with Gasteiger partial charge >= 0.3 is 6.09 Å². The molecule has 2 rings (SSSR count). The summed E-state index contributed by atoms with van der Waals surface area (Å²) < 4.78 is 5.24. The fraction of sp³-hybridized carbons (Fsp3) is 0.364. The van der Waals surface area contributed by atoms with E-state index in [0.29, 0.717) is 19.0 Å². The first-order valence-corrected chi connectivity index (χ1v) is 5.41. The Morgan fingerprint density at radius 3 is 2.80 bits per heavy atom. The number of hydrogen-bond acceptors (Lipinski definition) is 2. The zero-order chi connectivity index (χ0) is 10.7. The van der Waals surface area contributed by atoms with E-state index in [4.69, 9.17) is 16.3 Å². The number of carbonyl (C=O) groups is 1. The van der Waals surface area contributed by atoms with Gasteiger partial charge in [0.15, 0.2) is 0 Å². The minimum atomic E-state index is -0.274. The minimum Gasteiger partial charge on any atom is -0.439 e. The quantitative estimate of drug-likeness (QED) is 0.740. The molecule has 0 saturated carbocycles. The first kappa shape index (κ1) is 10.3. The maximum absolute atomic E-state index is 11.4. The summed E-state index contributed by atoms with van der Waals surface area (Å²) >= 11 is 5.59. The van der Waals surface area contributed by atoms with Gasteiger partial charge in [0.25, 0.3) is 0 Å². The Bertz CT molecular complexity index is 342. The second-order valence-electron chi connectivity index (χ2n) is 3.42. The van der Waals surface area contributed by atoms with Crippen LogP contribution < -0.4 is 0 Å². The molecule has 1 aliphatic heterocycles. The molecule has 1 aromatic carbocycles. The van der Waals surface area contributed by atoms with Gasteiger partial charge in [-0.05, 0) is 5.56 Å². The molecule has 1 fully saturated rings. The smallest absolute Gasteiger partial charge is 0.410 e. The fourth-order valence-corrected chi connectivity index (χ4v) is 1.84. The van der Waals surface area contributed by atoms with Gasteiger partial charge in [-0.3, -0.25) is 0 Å². The third-order valence-electron chi connectivity index (χ3n) is 2.41. The molecule has 80 valence electrons. The van der Waals surface area contributed by atoms with Crippen LogP contribution in [0.25, 0.3) is 0 Å². The van der Waals surface area contributed by atoms with Crippen LogP contribution >= 0.6 is 11.6 Å². The van der Waals surface area contributed by atoms with Crippen molar-refractivity contribution in [2.75, 3.05) is 19.0 Å². The maximum atomic E-state index is 11.4. The highest BCUT2D eigenvalue weighted by molar-refractivity contribution is 6.18. The van der Waals surface area contributed by atoms with Crippen LogP contribution in [-0.2, 0) is 4.74 Å². The molecule has 1 heterocycles. The van der Waals surface area contributed by atoms with E-state index < -0.39 is 0 Å². The first-order chi connectivity index (χ1) is 7.31. The highest BCUT2D eigenvalue weighted by atomic mass is 35.5. The lowest BCUT2D eigenvalue weighted by atomic mass is 10.1. The van der Waals surface area contributed by atoms with Crippen LogP contribution in [0.2, 0.25) is 0 Å². The summed E-state index contributed by atoms with van der Waals surface area (Å²) in [5.41, 5.74) is 1.03. The molecular weight excluding hydrogens is 214 g/mol. The summed E-state index contributed by atoms with van der Waals surface area (Å²) in [4.78, 5) is 13.0. The molecule has 0 radical (unpaired) electrons. The largest absolute Gasteiger partial charge is 0.439 e. The van der Waals surface area contributed by atoms with Gasteiger partial charge in [0.2, 0.25) is 0 Å². The number of alkyl halides is 1. The number of cyclic esters (lactones) is 1. The van der Waals surface area contributed by atoms with Gasteiger partial charge in [0.05, 0.1) is 6.54 Å². The predicted octanol–water partition coefficient (Wildman–Crippen LogP) is 2.42. The molecule has 1 atom stereocenters. The number of ether oxygens (including phenoxy) is 1. The second kappa shape index (κ2) is 4.53. The van der Waals surface area contributed by atoms with E-state index in [1.165, 1.54) is 0 Å². The van der Waals surface area contributed by atoms with Crippen molar-refractivity contribution in [1.82, 2.24) is 4.90 Å². The zero-order valence-corrected chi connectivity index (χ0v) is 8.98. The van der Waals surface area contributed by atoms with Crippen LogP contribution in [0.3, 0.4) is 0 Å². The number of halogens is 1. The molecule has 15 heavy (non-hydrogen) atoms. The Labute approximate surface area is 93.6 Å². The van der Waals surface area contributed by atoms with Crippen LogP contribution in [0, 0.1) is 0 Å². The lowest BCUT2D eigenvalue weighted by molar-refractivity contribution is 0.133. The highest BCUT2D eigenvalue weighted by Crippen LogP contribution is 2.25. The highest BCUT2D eigenvalue weighted by Gasteiger charge is 2.31. The molecule has 0 bridgehead atoms. The standard InChI is InChI=1S/C11H12ClNO2/c12-6-7-13-8-10(15-11(13)14)9-4-2-1-3-5-9/h1-5,10H,6-8H2. The Balaban J connectivity index is 2.06. The summed E-state index contributed by atoms with van der Waals surface area (Å²) in [6.45, 7) is 1.14. The maximum Gasteiger partial charge on any atom is 0.410 e. The lowest BCUT2D eigenvalue weighted by Gasteiger charge is -2.09. The summed E-state index contributed by atoms with van der Waals surface area (Å²) in [5, 5.41) is 0. The molecule has 0 aromatic heterocycles. The van der Waals surface area contributed by atoms with Crippen molar-refractivity contribution in [3.63, 3.8) is 0 Å². The van der Waals surface area contributed by atoms with Crippen molar-refractivity contribution in [2.24, 2.45) is 0 Å². The van der Waals surface area contributed by atoms with E-state index in [1.54, 1.807) is 4.90 Å². The van der Waals surface area contributed by atoms with Crippen molar-refractivity contribution < 1.29 is 9.53 Å². The first-order valence-electron chi connectivity index (χ1n) is 4.87. The fourth-order valence-electron chi connectivity index (χ4n) is 1.63. The SMILES string of the molecule is O=C1OC(c2ccccc2)CN1CCCl. The average Bonchev–Trinajstić information content (AvgIpc) is 2.63. The van der Waals surface area contributed by atoms with Gasteiger partial charge in [-0.2, -0.15) is 0 Å². The van der Waals surface area contributed by atoms with E-state index in [1.807, 2.05) is 30.3 Å². The Hall–Kier alpha value is -1.22. The van der Waals surface area contributed by atoms with Crippen molar-refractivity contribution in [2.45, 2.75) is 6.10 Å². The molecule has 0 spiro atoms. The normalized spacial score (nSPS) is 20.5. The number of amides is 1. The molecule has 1 unspecified atom stereocenters. The summed E-state index contributed by atoms with van der Waals surface area (Å²) in [6.07, 6.45) is -0.425. The number of hydrogen-bond donors (Lipinski definition) is 0. The number of nitrogens with zero attached hydrogens (tertiary/aromatic N) is 1. The van der Waals surface area contributed by atoms with E-state index in [0.717, 1.165) is 5.56 Å². The van der Waals surface area contributed by atoms with Crippen molar-refractivity contribution in [3.05, 3.63) is 35.9 Å². The van der Waals surface area contributed by atoms with Gasteiger partial charge in [0.1, 0.15) is 6.10 Å². The zero-order valence-electron chi connectivity index (χ0n) is 8.23. The topological polar surface area (TPSA) is 29.5 Å². The third kappa shape index (κ3) is 2.23. The molecule has 0 aliphatic carbocycles. The molecule has 1 saturated heterocycles. The van der Waals surface area contributed by atoms with Gasteiger partial charge in [-0.15, -0.1) is 11.6 Å². The summed E-state index contributed by atoms with van der Waals surface area (Å²) in [6, 6.07) is 9.74. The lowest BCUT2D eigenvalue weighted by Crippen LogP contribution is -2.26. The van der Waals surface area contributed by atoms with Crippen molar-refractivity contribution >= 4 is 17.7 Å². The van der Waals surface area contributed by atoms with Crippen LogP contribution in [0.5, 0.6) is 0 Å². The predicted molar refractivity (Wildman–Crippen MR) is 58.0 cm³/mol. The molecule has 1 aromatic rings. The number of benzene rings is 1. The number of rotatable bonds is 3.